The Kier molecular flexibility index (Phi) is 6.61. The smallest absolute Gasteiger partial charge is 0.330 e. The van der Waals surface area contributed by atoms with Crippen LogP contribution < -0.4 is 5.73 Å². The first-order valence-electron chi connectivity index (χ1n) is 4.53. The lowest BCUT2D eigenvalue weighted by Crippen LogP contribution is -1.99. The Hall–Kier alpha value is -1.19. The van der Waals surface area contributed by atoms with Crippen LogP contribution in [0.15, 0.2) is 24.3 Å². The first kappa shape index (κ1) is 14.8. The molecule has 0 radical (unpaired) electrons. The molecule has 0 saturated carbocycles. The summed E-state index contributed by atoms with van der Waals surface area (Å²) in [6, 6.07) is 5.07. The van der Waals surface area contributed by atoms with Crippen molar-refractivity contribution >= 4 is 41.7 Å². The number of rotatable bonds is 3. The van der Waals surface area contributed by atoms with Crippen LogP contribution in [0.4, 0.5) is 5.69 Å². The number of carbonyl (C=O) groups is 1. The zero-order chi connectivity index (χ0) is 11.3. The molecule has 0 aliphatic rings. The minimum atomic E-state index is -0.392. The van der Waals surface area contributed by atoms with E-state index >= 15 is 0 Å². The van der Waals surface area contributed by atoms with Crippen LogP contribution in [0.5, 0.6) is 0 Å². The third kappa shape index (κ3) is 4.55. The number of nitrogen functional groups attached to an aromatic ring is 1. The summed E-state index contributed by atoms with van der Waals surface area (Å²) < 4.78 is 4.73. The van der Waals surface area contributed by atoms with Gasteiger partial charge in [-0.25, -0.2) is 4.79 Å². The topological polar surface area (TPSA) is 52.3 Å². The number of hydrogen-bond acceptors (Lipinski definition) is 3. The van der Waals surface area contributed by atoms with E-state index in [1.807, 2.05) is 0 Å². The van der Waals surface area contributed by atoms with Gasteiger partial charge in [0, 0.05) is 16.8 Å². The van der Waals surface area contributed by atoms with Crippen molar-refractivity contribution in [3.05, 3.63) is 34.9 Å². The highest BCUT2D eigenvalue weighted by Gasteiger charge is 1.98. The van der Waals surface area contributed by atoms with E-state index in [-0.39, 0.29) is 12.4 Å². The number of anilines is 1. The van der Waals surface area contributed by atoms with Crippen molar-refractivity contribution in [2.45, 2.75) is 6.92 Å². The fourth-order valence-corrected chi connectivity index (χ4v) is 1.22. The van der Waals surface area contributed by atoms with Gasteiger partial charge in [-0.2, -0.15) is 0 Å². The zero-order valence-electron chi connectivity index (χ0n) is 8.77. The molecule has 0 aliphatic heterocycles. The number of halogens is 2. The van der Waals surface area contributed by atoms with Crippen molar-refractivity contribution in [1.29, 1.82) is 0 Å². The summed E-state index contributed by atoms with van der Waals surface area (Å²) in [5.41, 5.74) is 6.96. The summed E-state index contributed by atoms with van der Waals surface area (Å²) in [4.78, 5) is 11.0. The molecule has 0 heterocycles. The van der Waals surface area contributed by atoms with Crippen LogP contribution in [0.1, 0.15) is 12.5 Å². The average Bonchev–Trinajstić information content (AvgIpc) is 2.20. The summed E-state index contributed by atoms with van der Waals surface area (Å²) in [6.07, 6.45) is 2.91. The second-order valence-corrected chi connectivity index (χ2v) is 3.30. The fraction of sp³-hybridized carbons (Fsp3) is 0.182. The molecule has 16 heavy (non-hydrogen) atoms. The number of ether oxygens (including phenoxy) is 1. The normalized spacial score (nSPS) is 9.88. The summed E-state index contributed by atoms with van der Waals surface area (Å²) in [5.74, 6) is -0.392. The quantitative estimate of drug-likeness (QED) is 0.517. The summed E-state index contributed by atoms with van der Waals surface area (Å²) in [5, 5.41) is 0.577. The molecule has 2 N–H and O–H groups in total. The Labute approximate surface area is 106 Å². The van der Waals surface area contributed by atoms with Crippen molar-refractivity contribution in [2.24, 2.45) is 0 Å². The highest BCUT2D eigenvalue weighted by molar-refractivity contribution is 6.30. The first-order valence-corrected chi connectivity index (χ1v) is 4.91. The molecular formula is C11H13Cl2NO2. The highest BCUT2D eigenvalue weighted by Crippen LogP contribution is 2.19. The lowest BCUT2D eigenvalue weighted by molar-refractivity contribution is -0.137. The second-order valence-electron chi connectivity index (χ2n) is 2.86. The molecule has 0 spiro atoms. The zero-order valence-corrected chi connectivity index (χ0v) is 10.3. The Morgan fingerprint density at radius 1 is 1.56 bits per heavy atom. The van der Waals surface area contributed by atoms with Crippen molar-refractivity contribution < 1.29 is 9.53 Å². The van der Waals surface area contributed by atoms with E-state index in [4.69, 9.17) is 22.1 Å². The molecule has 1 aromatic rings. The molecular weight excluding hydrogens is 249 g/mol. The third-order valence-corrected chi connectivity index (χ3v) is 1.97. The van der Waals surface area contributed by atoms with Crippen molar-refractivity contribution in [3.8, 4) is 0 Å². The van der Waals surface area contributed by atoms with Gasteiger partial charge in [-0.3, -0.25) is 0 Å². The summed E-state index contributed by atoms with van der Waals surface area (Å²) >= 11 is 5.79. The molecule has 88 valence electrons. The lowest BCUT2D eigenvalue weighted by Gasteiger charge is -2.00. The van der Waals surface area contributed by atoms with Crippen LogP contribution in [-0.2, 0) is 9.53 Å². The van der Waals surface area contributed by atoms with Gasteiger partial charge in [-0.1, -0.05) is 11.6 Å². The minimum absolute atomic E-state index is 0. The van der Waals surface area contributed by atoms with Gasteiger partial charge in [-0.15, -0.1) is 12.4 Å². The van der Waals surface area contributed by atoms with Crippen LogP contribution in [0.2, 0.25) is 5.02 Å². The molecule has 0 unspecified atom stereocenters. The van der Waals surface area contributed by atoms with E-state index in [0.717, 1.165) is 0 Å². The maximum atomic E-state index is 11.0. The number of hydrogen-bond donors (Lipinski definition) is 1. The molecule has 5 heteroatoms. The number of carbonyl (C=O) groups excluding carboxylic acids is 1. The van der Waals surface area contributed by atoms with E-state index in [9.17, 15) is 4.79 Å². The Morgan fingerprint density at radius 3 is 2.88 bits per heavy atom. The maximum Gasteiger partial charge on any atom is 0.330 e. The van der Waals surface area contributed by atoms with Crippen molar-refractivity contribution in [3.63, 3.8) is 0 Å². The van der Waals surface area contributed by atoms with E-state index in [1.165, 1.54) is 6.08 Å². The van der Waals surface area contributed by atoms with Crippen LogP contribution in [0.3, 0.4) is 0 Å². The summed E-state index contributed by atoms with van der Waals surface area (Å²) in [7, 11) is 0. The van der Waals surface area contributed by atoms with Crippen molar-refractivity contribution in [2.75, 3.05) is 12.3 Å². The predicted octanol–water partition coefficient (Wildman–Crippen LogP) is 2.92. The Bertz CT molecular complexity index is 392. The molecule has 0 amide bonds. The van der Waals surface area contributed by atoms with Gasteiger partial charge in [0.25, 0.3) is 0 Å². The second kappa shape index (κ2) is 7.14. The Balaban J connectivity index is 0.00000225. The minimum Gasteiger partial charge on any atom is -0.463 e. The molecule has 0 aromatic heterocycles. The van der Waals surface area contributed by atoms with Gasteiger partial charge >= 0.3 is 5.97 Å². The fourth-order valence-electron chi connectivity index (χ4n) is 1.04. The molecule has 0 atom stereocenters. The molecule has 0 saturated heterocycles. The van der Waals surface area contributed by atoms with Crippen LogP contribution >= 0.6 is 24.0 Å². The van der Waals surface area contributed by atoms with Gasteiger partial charge in [-0.05, 0) is 36.8 Å². The van der Waals surface area contributed by atoms with Crippen LogP contribution in [-0.4, -0.2) is 12.6 Å². The first-order chi connectivity index (χ1) is 7.13. The molecule has 0 fully saturated rings. The van der Waals surface area contributed by atoms with E-state index in [2.05, 4.69) is 0 Å². The van der Waals surface area contributed by atoms with Crippen molar-refractivity contribution in [1.82, 2.24) is 0 Å². The predicted molar refractivity (Wildman–Crippen MR) is 68.8 cm³/mol. The Morgan fingerprint density at radius 2 is 2.25 bits per heavy atom. The summed E-state index contributed by atoms with van der Waals surface area (Å²) in [6.45, 7) is 2.10. The number of benzene rings is 1. The van der Waals surface area contributed by atoms with E-state index < -0.39 is 5.97 Å². The largest absolute Gasteiger partial charge is 0.463 e. The molecule has 0 aliphatic carbocycles. The number of esters is 1. The molecule has 1 aromatic carbocycles. The van der Waals surface area contributed by atoms with Gasteiger partial charge in [0.05, 0.1) is 6.61 Å². The van der Waals surface area contributed by atoms with Gasteiger partial charge in [0.2, 0.25) is 0 Å². The highest BCUT2D eigenvalue weighted by atomic mass is 35.5. The lowest BCUT2D eigenvalue weighted by atomic mass is 10.1. The molecule has 0 bridgehead atoms. The third-order valence-electron chi connectivity index (χ3n) is 1.73. The maximum absolute atomic E-state index is 11.0. The molecule has 3 nitrogen and oxygen atoms in total. The van der Waals surface area contributed by atoms with Crippen LogP contribution in [0.25, 0.3) is 6.08 Å². The van der Waals surface area contributed by atoms with E-state index in [0.29, 0.717) is 22.9 Å². The van der Waals surface area contributed by atoms with Crippen LogP contribution in [0, 0.1) is 0 Å². The number of nitrogens with two attached hydrogens (primary N) is 1. The monoisotopic (exact) mass is 261 g/mol. The SMILES string of the molecule is CCOC(=O)/C=C/c1cc(Cl)ccc1N.Cl. The molecule has 1 rings (SSSR count). The van der Waals surface area contributed by atoms with Gasteiger partial charge in [0.1, 0.15) is 0 Å². The standard InChI is InChI=1S/C11H12ClNO2.ClH/c1-2-15-11(14)6-3-8-7-9(12)4-5-10(8)13;/h3-7H,2,13H2,1H3;1H/b6-3+;. The van der Waals surface area contributed by atoms with Gasteiger partial charge in [0.15, 0.2) is 0 Å². The van der Waals surface area contributed by atoms with Gasteiger partial charge < -0.3 is 10.5 Å². The van der Waals surface area contributed by atoms with E-state index in [1.54, 1.807) is 31.2 Å². The average molecular weight is 262 g/mol.